The monoisotopic (exact) mass is 784 g/mol. The first kappa shape index (κ1) is 45.8. The fourth-order valence-corrected chi connectivity index (χ4v) is 8.80. The fraction of sp³-hybridized carbons (Fsp3) is 0.892. The van der Waals surface area contributed by atoms with E-state index in [0.29, 0.717) is 63.1 Å². The van der Waals surface area contributed by atoms with Crippen LogP contribution >= 0.6 is 8.46 Å². The van der Waals surface area contributed by atoms with Gasteiger partial charge in [0.15, 0.2) is 20.4 Å². The van der Waals surface area contributed by atoms with Crippen LogP contribution < -0.4 is 5.32 Å². The molecule has 0 aromatic carbocycles. The molecule has 2 N–H and O–H groups in total. The summed E-state index contributed by atoms with van der Waals surface area (Å²) in [6.45, 7) is 17.9. The van der Waals surface area contributed by atoms with Gasteiger partial charge in [-0.3, -0.25) is 9.46 Å². The minimum Gasteiger partial charge on any atom is -0.457 e. The SMILES string of the molecule is CC[C@@H](O)[C@@]1(C)OC(=O)N(CCCCN=[N+]=[N-])[C@@H]1[C@@H](C)NC[C@H](C)C[C@](C)(OC)[C@@H](CC1=C(C)C(=O)OC(C)(C)O1)O[C@@H]1OC(C)CC(N(C)C)C1P=O. The molecule has 3 unspecified atom stereocenters. The lowest BCUT2D eigenvalue weighted by atomic mass is 9.83. The fourth-order valence-electron chi connectivity index (χ4n) is 8.03. The van der Waals surface area contributed by atoms with Gasteiger partial charge in [0.1, 0.15) is 11.4 Å². The van der Waals surface area contributed by atoms with Crippen molar-refractivity contribution in [2.75, 3.05) is 40.8 Å². The number of aliphatic hydroxyl groups excluding tert-OH is 1. The number of unbranched alkanes of at least 4 members (excludes halogenated alkanes) is 1. The van der Waals surface area contributed by atoms with Crippen molar-refractivity contribution < 1.29 is 47.7 Å². The number of azide groups is 1. The molecular formula is C37H65N6O10P. The van der Waals surface area contributed by atoms with Crippen LogP contribution in [0.4, 0.5) is 4.79 Å². The van der Waals surface area contributed by atoms with E-state index in [1.54, 1.807) is 39.7 Å². The number of ether oxygens (including phenoxy) is 6. The normalized spacial score (nSPS) is 30.6. The molecule has 2 saturated heterocycles. The zero-order valence-corrected chi connectivity index (χ0v) is 35.3. The number of aliphatic hydroxyl groups is 1. The number of methoxy groups -OCH3 is 1. The van der Waals surface area contributed by atoms with Gasteiger partial charge in [0.25, 0.3) is 0 Å². The van der Waals surface area contributed by atoms with E-state index < -0.39 is 59.3 Å². The van der Waals surface area contributed by atoms with Gasteiger partial charge in [0.05, 0.1) is 35.5 Å². The summed E-state index contributed by atoms with van der Waals surface area (Å²) in [6, 6.07) is -0.820. The Kier molecular flexibility index (Phi) is 16.6. The minimum absolute atomic E-state index is 0.0147. The average Bonchev–Trinajstić information content (AvgIpc) is 3.37. The number of nitrogens with one attached hydrogen (secondary N) is 1. The van der Waals surface area contributed by atoms with Gasteiger partial charge in [-0.1, -0.05) is 19.0 Å². The molecular weight excluding hydrogens is 719 g/mol. The summed E-state index contributed by atoms with van der Waals surface area (Å²) < 4.78 is 49.6. The maximum absolute atomic E-state index is 13.2. The standard InChI is InChI=1S/C37H65N6O10P/c1-13-28(44)37(9)31(43(34(46)53-37)17-15-14-16-40-41-38)25(5)39-21-22(2)20-36(8,48-12)29(19-27-24(4)32(45)52-35(6,7)51-27)50-33-30(54-47)26(42(10)11)18-23(3)49-33/h22-23,25-26,28-31,33,39,44H,13-21H2,1-12H3/t22-,23?,25-,26?,28-,29-,30?,31-,33+,36+,37-/m1/s1. The number of nitrogens with zero attached hydrogens (tertiary/aromatic N) is 5. The summed E-state index contributed by atoms with van der Waals surface area (Å²) in [4.78, 5) is 32.6. The van der Waals surface area contributed by atoms with Crippen LogP contribution in [-0.4, -0.2) is 133 Å². The summed E-state index contributed by atoms with van der Waals surface area (Å²) in [5, 5.41) is 18.3. The van der Waals surface area contributed by atoms with Crippen molar-refractivity contribution in [1.29, 1.82) is 0 Å². The van der Waals surface area contributed by atoms with Crippen LogP contribution in [0.2, 0.25) is 0 Å². The van der Waals surface area contributed by atoms with Gasteiger partial charge in [-0.15, -0.1) is 0 Å². The highest BCUT2D eigenvalue weighted by Gasteiger charge is 2.56. The van der Waals surface area contributed by atoms with Crippen LogP contribution in [0.3, 0.4) is 0 Å². The van der Waals surface area contributed by atoms with Crippen LogP contribution in [0.25, 0.3) is 10.4 Å². The summed E-state index contributed by atoms with van der Waals surface area (Å²) in [5.74, 6) is -1.25. The van der Waals surface area contributed by atoms with E-state index in [1.165, 1.54) is 0 Å². The number of esters is 1. The summed E-state index contributed by atoms with van der Waals surface area (Å²) >= 11 is 0. The molecule has 0 aliphatic carbocycles. The first-order chi connectivity index (χ1) is 25.3. The van der Waals surface area contributed by atoms with Crippen LogP contribution in [0.15, 0.2) is 16.4 Å². The van der Waals surface area contributed by atoms with Crippen molar-refractivity contribution in [2.24, 2.45) is 11.0 Å². The Balaban J connectivity index is 1.88. The van der Waals surface area contributed by atoms with E-state index in [0.717, 1.165) is 0 Å². The molecule has 0 aromatic heterocycles. The highest BCUT2D eigenvalue weighted by molar-refractivity contribution is 7.25. The largest absolute Gasteiger partial charge is 0.457 e. The Hall–Kier alpha value is -2.55. The predicted molar refractivity (Wildman–Crippen MR) is 203 cm³/mol. The Morgan fingerprint density at radius 3 is 2.48 bits per heavy atom. The van der Waals surface area contributed by atoms with Crippen molar-refractivity contribution >= 4 is 20.5 Å². The molecule has 0 radical (unpaired) electrons. The van der Waals surface area contributed by atoms with Crippen molar-refractivity contribution in [3.8, 4) is 0 Å². The molecule has 0 bridgehead atoms. The third kappa shape index (κ3) is 11.1. The smallest absolute Gasteiger partial charge is 0.410 e. The predicted octanol–water partition coefficient (Wildman–Crippen LogP) is 5.92. The van der Waals surface area contributed by atoms with Gasteiger partial charge < -0.3 is 43.7 Å². The lowest BCUT2D eigenvalue weighted by Crippen LogP contribution is -2.60. The van der Waals surface area contributed by atoms with E-state index in [4.69, 9.17) is 34.0 Å². The molecule has 2 fully saturated rings. The number of carbonyl (C=O) groups excluding carboxylic acids is 2. The zero-order valence-electron chi connectivity index (χ0n) is 34.4. The number of cyclic esters (lactones) is 2. The van der Waals surface area contributed by atoms with Crippen LogP contribution in [0, 0.1) is 5.92 Å². The summed E-state index contributed by atoms with van der Waals surface area (Å²) in [6.07, 6.45) is -0.0981. The quantitative estimate of drug-likeness (QED) is 0.0349. The maximum Gasteiger partial charge on any atom is 0.410 e. The van der Waals surface area contributed by atoms with Gasteiger partial charge in [0.2, 0.25) is 5.79 Å². The van der Waals surface area contributed by atoms with E-state index in [2.05, 4.69) is 22.3 Å². The molecule has 17 heteroatoms. The topological polar surface area (TPSA) is 194 Å². The van der Waals surface area contributed by atoms with E-state index in [9.17, 15) is 19.3 Å². The van der Waals surface area contributed by atoms with Gasteiger partial charge >= 0.3 is 12.1 Å². The minimum atomic E-state index is -1.18. The lowest BCUT2D eigenvalue weighted by molar-refractivity contribution is -0.256. The van der Waals surface area contributed by atoms with Crippen LogP contribution in [-0.2, 0) is 37.8 Å². The molecule has 308 valence electrons. The first-order valence-corrected chi connectivity index (χ1v) is 20.0. The van der Waals surface area contributed by atoms with Crippen molar-refractivity contribution in [2.45, 2.75) is 166 Å². The number of carbonyl (C=O) groups is 2. The van der Waals surface area contributed by atoms with Crippen LogP contribution in [0.1, 0.15) is 101 Å². The molecule has 3 heterocycles. The second-order valence-corrected chi connectivity index (χ2v) is 17.1. The second-order valence-electron chi connectivity index (χ2n) is 16.2. The Morgan fingerprint density at radius 1 is 1.20 bits per heavy atom. The van der Waals surface area contributed by atoms with E-state index in [-0.39, 0.29) is 39.0 Å². The molecule has 0 spiro atoms. The third-order valence-corrected chi connectivity index (χ3v) is 12.0. The number of rotatable bonds is 21. The molecule has 11 atom stereocenters. The van der Waals surface area contributed by atoms with Gasteiger partial charge in [-0.25, -0.2) is 9.59 Å². The molecule has 54 heavy (non-hydrogen) atoms. The molecule has 0 saturated carbocycles. The van der Waals surface area contributed by atoms with Gasteiger partial charge in [0, 0.05) is 57.5 Å². The van der Waals surface area contributed by atoms with E-state index >= 15 is 0 Å². The number of hydrogen-bond acceptors (Lipinski definition) is 13. The Labute approximate surface area is 322 Å². The first-order valence-electron chi connectivity index (χ1n) is 19.2. The van der Waals surface area contributed by atoms with Crippen molar-refractivity contribution in [1.82, 2.24) is 15.1 Å². The highest BCUT2D eigenvalue weighted by Crippen LogP contribution is 2.40. The summed E-state index contributed by atoms with van der Waals surface area (Å²) in [7, 11) is 5.42. The highest BCUT2D eigenvalue weighted by atomic mass is 31.1. The average molecular weight is 785 g/mol. The van der Waals surface area contributed by atoms with Gasteiger partial charge in [-0.2, -0.15) is 0 Å². The number of amides is 1. The van der Waals surface area contributed by atoms with E-state index in [1.807, 2.05) is 46.7 Å². The lowest BCUT2D eigenvalue weighted by Gasteiger charge is -2.46. The number of hydrogen-bond donors (Lipinski definition) is 2. The zero-order chi connectivity index (χ0) is 40.6. The Bertz CT molecular complexity index is 1380. The summed E-state index contributed by atoms with van der Waals surface area (Å²) in [5.41, 5.74) is 6.39. The van der Waals surface area contributed by atoms with Crippen molar-refractivity contribution in [3.05, 3.63) is 21.8 Å². The van der Waals surface area contributed by atoms with Crippen LogP contribution in [0.5, 0.6) is 0 Å². The Morgan fingerprint density at radius 2 is 1.89 bits per heavy atom. The maximum atomic E-state index is 13.2. The molecule has 3 aliphatic heterocycles. The third-order valence-electron chi connectivity index (χ3n) is 11.1. The molecule has 1 amide bonds. The molecule has 16 nitrogen and oxygen atoms in total. The molecule has 3 aliphatic rings. The molecule has 0 aromatic rings. The van der Waals surface area contributed by atoms with Crippen molar-refractivity contribution in [3.63, 3.8) is 0 Å². The second kappa shape index (κ2) is 19.5. The molecule has 3 rings (SSSR count). The van der Waals surface area contributed by atoms with Gasteiger partial charge in [-0.05, 0) is 98.8 Å².